The van der Waals surface area contributed by atoms with Crippen LogP contribution in [-0.2, 0) is 4.74 Å². The molecule has 0 aliphatic carbocycles. The van der Waals surface area contributed by atoms with Gasteiger partial charge in [-0.05, 0) is 24.1 Å². The highest BCUT2D eigenvalue weighted by Gasteiger charge is 2.21. The van der Waals surface area contributed by atoms with Crippen LogP contribution in [0.15, 0.2) is 18.2 Å². The van der Waals surface area contributed by atoms with Gasteiger partial charge in [-0.1, -0.05) is 13.8 Å². The fourth-order valence-electron chi connectivity index (χ4n) is 2.34. The van der Waals surface area contributed by atoms with Crippen LogP contribution in [0.2, 0.25) is 0 Å². The van der Waals surface area contributed by atoms with Crippen LogP contribution in [0, 0.1) is 5.92 Å². The summed E-state index contributed by atoms with van der Waals surface area (Å²) in [7, 11) is 1.69. The van der Waals surface area contributed by atoms with Crippen molar-refractivity contribution in [3.8, 4) is 11.5 Å². The lowest BCUT2D eigenvalue weighted by molar-refractivity contribution is 0.108. The summed E-state index contributed by atoms with van der Waals surface area (Å²) >= 11 is 0. The van der Waals surface area contributed by atoms with E-state index in [9.17, 15) is 0 Å². The maximum Gasteiger partial charge on any atom is 0.124 e. The van der Waals surface area contributed by atoms with E-state index in [2.05, 4.69) is 25.2 Å². The van der Waals surface area contributed by atoms with Gasteiger partial charge in [-0.25, -0.2) is 0 Å². The van der Waals surface area contributed by atoms with Crippen LogP contribution < -0.4 is 14.8 Å². The van der Waals surface area contributed by atoms with E-state index in [1.165, 1.54) is 5.56 Å². The first-order valence-corrected chi connectivity index (χ1v) is 7.32. The van der Waals surface area contributed by atoms with Crippen LogP contribution in [0.5, 0.6) is 11.5 Å². The van der Waals surface area contributed by atoms with Crippen molar-refractivity contribution in [2.75, 3.05) is 33.5 Å². The first-order chi connectivity index (χ1) is 9.70. The quantitative estimate of drug-likeness (QED) is 0.779. The zero-order valence-corrected chi connectivity index (χ0v) is 12.6. The van der Waals surface area contributed by atoms with Gasteiger partial charge in [0.1, 0.15) is 11.5 Å². The van der Waals surface area contributed by atoms with E-state index >= 15 is 0 Å². The predicted octanol–water partition coefficient (Wildman–Crippen LogP) is 2.78. The van der Waals surface area contributed by atoms with E-state index in [4.69, 9.17) is 14.2 Å². The molecule has 1 heterocycles. The molecule has 0 amide bonds. The Labute approximate surface area is 121 Å². The highest BCUT2D eigenvalue weighted by Crippen LogP contribution is 2.34. The molecular formula is C16H25NO3. The number of hydrogen-bond acceptors (Lipinski definition) is 4. The molecule has 4 nitrogen and oxygen atoms in total. The minimum atomic E-state index is 0.316. The van der Waals surface area contributed by atoms with Crippen molar-refractivity contribution >= 4 is 0 Å². The van der Waals surface area contributed by atoms with Crippen LogP contribution >= 0.6 is 0 Å². The van der Waals surface area contributed by atoms with E-state index in [-0.39, 0.29) is 0 Å². The third kappa shape index (κ3) is 4.12. The van der Waals surface area contributed by atoms with Crippen molar-refractivity contribution in [2.45, 2.75) is 26.3 Å². The van der Waals surface area contributed by atoms with Gasteiger partial charge >= 0.3 is 0 Å². The van der Waals surface area contributed by atoms with Crippen molar-refractivity contribution < 1.29 is 14.2 Å². The number of fused-ring (bicyclic) bond motifs is 1. The van der Waals surface area contributed by atoms with Crippen LogP contribution in [0.3, 0.4) is 0 Å². The van der Waals surface area contributed by atoms with Gasteiger partial charge in [0.05, 0.1) is 20.3 Å². The first-order valence-electron chi connectivity index (χ1n) is 7.32. The summed E-state index contributed by atoms with van der Waals surface area (Å²) in [6.07, 6.45) is 0.977. The summed E-state index contributed by atoms with van der Waals surface area (Å²) in [4.78, 5) is 0. The maximum absolute atomic E-state index is 5.69. The van der Waals surface area contributed by atoms with Gasteiger partial charge in [0.25, 0.3) is 0 Å². The predicted molar refractivity (Wildman–Crippen MR) is 79.5 cm³/mol. The maximum atomic E-state index is 5.69. The van der Waals surface area contributed by atoms with Gasteiger partial charge in [0, 0.05) is 31.2 Å². The minimum Gasteiger partial charge on any atom is -0.497 e. The molecule has 1 atom stereocenters. The third-order valence-electron chi connectivity index (χ3n) is 3.34. The van der Waals surface area contributed by atoms with Gasteiger partial charge < -0.3 is 19.5 Å². The van der Waals surface area contributed by atoms with Crippen molar-refractivity contribution in [2.24, 2.45) is 5.92 Å². The molecule has 0 saturated heterocycles. The number of methoxy groups -OCH3 is 1. The number of nitrogens with one attached hydrogen (secondary N) is 1. The topological polar surface area (TPSA) is 39.7 Å². The molecule has 1 aliphatic rings. The number of rotatable bonds is 7. The van der Waals surface area contributed by atoms with Crippen molar-refractivity contribution in [1.82, 2.24) is 5.32 Å². The largest absolute Gasteiger partial charge is 0.497 e. The third-order valence-corrected chi connectivity index (χ3v) is 3.34. The first kappa shape index (κ1) is 15.1. The minimum absolute atomic E-state index is 0.316. The molecule has 0 saturated carbocycles. The molecule has 1 unspecified atom stereocenters. The Morgan fingerprint density at radius 2 is 2.25 bits per heavy atom. The molecule has 1 aromatic carbocycles. The van der Waals surface area contributed by atoms with E-state index in [1.54, 1.807) is 7.11 Å². The fourth-order valence-corrected chi connectivity index (χ4v) is 2.34. The Bertz CT molecular complexity index is 420. The van der Waals surface area contributed by atoms with E-state index in [0.29, 0.717) is 12.0 Å². The lowest BCUT2D eigenvalue weighted by Crippen LogP contribution is -2.30. The Morgan fingerprint density at radius 1 is 1.40 bits per heavy atom. The SMILES string of the molecule is COc1ccc2c(c1)C(NCCOCC(C)C)CCO2. The highest BCUT2D eigenvalue weighted by molar-refractivity contribution is 5.43. The molecule has 0 radical (unpaired) electrons. The Balaban J connectivity index is 1.87. The van der Waals surface area contributed by atoms with E-state index < -0.39 is 0 Å². The Kier molecular flexibility index (Phi) is 5.68. The van der Waals surface area contributed by atoms with Crippen LogP contribution in [0.1, 0.15) is 31.9 Å². The van der Waals surface area contributed by atoms with Gasteiger partial charge in [-0.3, -0.25) is 0 Å². The van der Waals surface area contributed by atoms with Gasteiger partial charge in [0.15, 0.2) is 0 Å². The smallest absolute Gasteiger partial charge is 0.124 e. The Hall–Kier alpha value is -1.26. The molecule has 1 N–H and O–H groups in total. The van der Waals surface area contributed by atoms with E-state index in [1.807, 2.05) is 12.1 Å². The molecule has 0 bridgehead atoms. The average Bonchev–Trinajstić information content (AvgIpc) is 2.46. The van der Waals surface area contributed by atoms with Crippen LogP contribution in [0.25, 0.3) is 0 Å². The zero-order valence-electron chi connectivity index (χ0n) is 12.6. The zero-order chi connectivity index (χ0) is 14.4. The van der Waals surface area contributed by atoms with Crippen LogP contribution in [-0.4, -0.2) is 33.5 Å². The summed E-state index contributed by atoms with van der Waals surface area (Å²) in [5, 5.41) is 3.54. The van der Waals surface area contributed by atoms with Crippen LogP contribution in [0.4, 0.5) is 0 Å². The standard InChI is InChI=1S/C16H25NO3/c1-12(2)11-19-9-7-17-15-6-8-20-16-5-4-13(18-3)10-14(15)16/h4-5,10,12,15,17H,6-9,11H2,1-3H3. The van der Waals surface area contributed by atoms with E-state index in [0.717, 1.165) is 44.3 Å². The summed E-state index contributed by atoms with van der Waals surface area (Å²) in [6, 6.07) is 6.29. The van der Waals surface area contributed by atoms with Crippen molar-refractivity contribution in [3.05, 3.63) is 23.8 Å². The second-order valence-corrected chi connectivity index (χ2v) is 5.52. The molecule has 20 heavy (non-hydrogen) atoms. The van der Waals surface area contributed by atoms with Gasteiger partial charge in [-0.2, -0.15) is 0 Å². The fraction of sp³-hybridized carbons (Fsp3) is 0.625. The molecule has 0 fully saturated rings. The van der Waals surface area contributed by atoms with Crippen molar-refractivity contribution in [1.29, 1.82) is 0 Å². The number of benzene rings is 1. The normalized spacial score (nSPS) is 17.7. The lowest BCUT2D eigenvalue weighted by Gasteiger charge is -2.27. The Morgan fingerprint density at radius 3 is 3.00 bits per heavy atom. The second kappa shape index (κ2) is 7.50. The number of ether oxygens (including phenoxy) is 3. The summed E-state index contributed by atoms with van der Waals surface area (Å²) < 4.78 is 16.6. The summed E-state index contributed by atoms with van der Waals surface area (Å²) in [6.45, 7) is 7.50. The summed E-state index contributed by atoms with van der Waals surface area (Å²) in [5.74, 6) is 2.41. The number of hydrogen-bond donors (Lipinski definition) is 1. The molecular weight excluding hydrogens is 254 g/mol. The summed E-state index contributed by atoms with van der Waals surface area (Å²) in [5.41, 5.74) is 1.18. The second-order valence-electron chi connectivity index (χ2n) is 5.52. The molecule has 2 rings (SSSR count). The molecule has 0 spiro atoms. The van der Waals surface area contributed by atoms with Gasteiger partial charge in [-0.15, -0.1) is 0 Å². The van der Waals surface area contributed by atoms with Crippen molar-refractivity contribution in [3.63, 3.8) is 0 Å². The molecule has 1 aliphatic heterocycles. The molecule has 4 heteroatoms. The monoisotopic (exact) mass is 279 g/mol. The molecule has 1 aromatic rings. The molecule has 112 valence electrons. The lowest BCUT2D eigenvalue weighted by atomic mass is 10.0. The molecule has 0 aromatic heterocycles. The average molecular weight is 279 g/mol. The van der Waals surface area contributed by atoms with Gasteiger partial charge in [0.2, 0.25) is 0 Å². The highest BCUT2D eigenvalue weighted by atomic mass is 16.5.